The van der Waals surface area contributed by atoms with Crippen molar-refractivity contribution in [2.24, 2.45) is 0 Å². The van der Waals surface area contributed by atoms with Crippen LogP contribution >= 0.6 is 0 Å². The molecule has 15 heavy (non-hydrogen) atoms. The van der Waals surface area contributed by atoms with Gasteiger partial charge in [-0.3, -0.25) is 0 Å². The molecule has 1 heteroatoms. The van der Waals surface area contributed by atoms with Crippen LogP contribution in [0.2, 0.25) is 0 Å². The molecule has 0 heterocycles. The van der Waals surface area contributed by atoms with Crippen molar-refractivity contribution < 1.29 is 4.74 Å². The molecule has 0 spiro atoms. The number of hydrogen-bond donors (Lipinski definition) is 0. The van der Waals surface area contributed by atoms with Crippen LogP contribution in [0.3, 0.4) is 0 Å². The number of ether oxygens (including phenoxy) is 1. The summed E-state index contributed by atoms with van der Waals surface area (Å²) < 4.78 is 5.48. The molecule has 0 aliphatic carbocycles. The van der Waals surface area contributed by atoms with E-state index in [1.807, 2.05) is 6.07 Å². The lowest BCUT2D eigenvalue weighted by Gasteiger charge is -2.05. The fourth-order valence-electron chi connectivity index (χ4n) is 1.59. The molecule has 0 saturated heterocycles. The minimum absolute atomic E-state index is 0.553. The highest BCUT2D eigenvalue weighted by atomic mass is 16.5. The fourth-order valence-corrected chi connectivity index (χ4v) is 1.59. The van der Waals surface area contributed by atoms with Gasteiger partial charge in [-0.05, 0) is 29.8 Å². The van der Waals surface area contributed by atoms with E-state index in [1.54, 1.807) is 6.08 Å². The summed E-state index contributed by atoms with van der Waals surface area (Å²) in [6.07, 6.45) is 1.75. The molecule has 0 bridgehead atoms. The van der Waals surface area contributed by atoms with Crippen LogP contribution < -0.4 is 4.74 Å². The number of rotatable bonds is 3. The molecule has 2 aromatic carbocycles. The zero-order valence-corrected chi connectivity index (χ0v) is 8.86. The second-order valence-electron chi connectivity index (χ2n) is 3.61. The first-order chi connectivity index (χ1) is 7.29. The maximum atomic E-state index is 5.48. The lowest BCUT2D eigenvalue weighted by molar-refractivity contribution is 0.364. The van der Waals surface area contributed by atoms with Gasteiger partial charge in [0, 0.05) is 0 Å². The molecule has 0 aromatic heterocycles. The van der Waals surface area contributed by atoms with Crippen LogP contribution in [0.5, 0.6) is 5.75 Å². The molecule has 0 radical (unpaired) electrons. The zero-order chi connectivity index (χ0) is 10.7. The summed E-state index contributed by atoms with van der Waals surface area (Å²) in [6, 6.07) is 12.5. The van der Waals surface area contributed by atoms with Gasteiger partial charge in [0.2, 0.25) is 0 Å². The standard InChI is InChI=1S/C14H14O/c1-3-8-15-14-7-6-12-9-11(2)4-5-13(12)10-14/h3-7,9-10H,1,8H2,2H3. The molecule has 2 rings (SSSR count). The highest BCUT2D eigenvalue weighted by Crippen LogP contribution is 2.21. The number of aryl methyl sites for hydroxylation is 1. The minimum Gasteiger partial charge on any atom is -0.490 e. The molecule has 0 saturated carbocycles. The number of fused-ring (bicyclic) bond motifs is 1. The maximum Gasteiger partial charge on any atom is 0.120 e. The first-order valence-electron chi connectivity index (χ1n) is 5.04. The minimum atomic E-state index is 0.553. The third kappa shape index (κ3) is 2.18. The number of benzene rings is 2. The summed E-state index contributed by atoms with van der Waals surface area (Å²) in [4.78, 5) is 0. The molecule has 0 atom stereocenters. The van der Waals surface area contributed by atoms with Crippen LogP contribution in [-0.2, 0) is 0 Å². The van der Waals surface area contributed by atoms with Crippen molar-refractivity contribution in [3.63, 3.8) is 0 Å². The zero-order valence-electron chi connectivity index (χ0n) is 8.86. The Balaban J connectivity index is 2.38. The van der Waals surface area contributed by atoms with Crippen LogP contribution in [0.25, 0.3) is 10.8 Å². The first kappa shape index (κ1) is 9.78. The number of hydrogen-bond acceptors (Lipinski definition) is 1. The molecule has 76 valence electrons. The molecule has 0 unspecified atom stereocenters. The van der Waals surface area contributed by atoms with Crippen molar-refractivity contribution in [1.29, 1.82) is 0 Å². The van der Waals surface area contributed by atoms with E-state index >= 15 is 0 Å². The van der Waals surface area contributed by atoms with Crippen molar-refractivity contribution in [3.8, 4) is 5.75 Å². The summed E-state index contributed by atoms with van der Waals surface area (Å²) in [5.74, 6) is 0.895. The van der Waals surface area contributed by atoms with Crippen molar-refractivity contribution in [3.05, 3.63) is 54.6 Å². The van der Waals surface area contributed by atoms with E-state index in [1.165, 1.54) is 16.3 Å². The van der Waals surface area contributed by atoms with Gasteiger partial charge in [0.05, 0.1) is 0 Å². The van der Waals surface area contributed by atoms with Gasteiger partial charge in [-0.2, -0.15) is 0 Å². The van der Waals surface area contributed by atoms with Crippen molar-refractivity contribution in [2.75, 3.05) is 6.61 Å². The Morgan fingerprint density at radius 1 is 1.13 bits per heavy atom. The van der Waals surface area contributed by atoms with E-state index in [9.17, 15) is 0 Å². The summed E-state index contributed by atoms with van der Waals surface area (Å²) >= 11 is 0. The third-order valence-corrected chi connectivity index (χ3v) is 2.34. The maximum absolute atomic E-state index is 5.48. The largest absolute Gasteiger partial charge is 0.490 e. The van der Waals surface area contributed by atoms with Crippen LogP contribution in [0.4, 0.5) is 0 Å². The Bertz CT molecular complexity index is 486. The predicted molar refractivity (Wildman–Crippen MR) is 64.4 cm³/mol. The summed E-state index contributed by atoms with van der Waals surface area (Å²) in [5, 5.41) is 2.46. The van der Waals surface area contributed by atoms with Gasteiger partial charge >= 0.3 is 0 Å². The SMILES string of the molecule is C=CCOc1ccc2cc(C)ccc2c1. The van der Waals surface area contributed by atoms with Crippen LogP contribution in [-0.4, -0.2) is 6.61 Å². The molecule has 0 amide bonds. The Morgan fingerprint density at radius 3 is 2.67 bits per heavy atom. The van der Waals surface area contributed by atoms with E-state index in [4.69, 9.17) is 4.74 Å². The van der Waals surface area contributed by atoms with Gasteiger partial charge in [-0.15, -0.1) is 0 Å². The van der Waals surface area contributed by atoms with Crippen molar-refractivity contribution >= 4 is 10.8 Å². The molecular weight excluding hydrogens is 184 g/mol. The van der Waals surface area contributed by atoms with Crippen molar-refractivity contribution in [2.45, 2.75) is 6.92 Å². The van der Waals surface area contributed by atoms with Gasteiger partial charge in [0.1, 0.15) is 12.4 Å². The summed E-state index contributed by atoms with van der Waals surface area (Å²) in [6.45, 7) is 6.28. The highest BCUT2D eigenvalue weighted by Gasteiger charge is 1.96. The second-order valence-corrected chi connectivity index (χ2v) is 3.61. The fraction of sp³-hybridized carbons (Fsp3) is 0.143. The predicted octanol–water partition coefficient (Wildman–Crippen LogP) is 3.71. The molecule has 0 aliphatic rings. The van der Waals surface area contributed by atoms with Crippen LogP contribution in [0.15, 0.2) is 49.1 Å². The van der Waals surface area contributed by atoms with Crippen molar-refractivity contribution in [1.82, 2.24) is 0 Å². The van der Waals surface area contributed by atoms with E-state index in [0.717, 1.165) is 5.75 Å². The molecule has 0 aliphatic heterocycles. The van der Waals surface area contributed by atoms with E-state index in [2.05, 4.69) is 43.8 Å². The summed E-state index contributed by atoms with van der Waals surface area (Å²) in [5.41, 5.74) is 1.28. The lowest BCUT2D eigenvalue weighted by Crippen LogP contribution is -1.92. The van der Waals surface area contributed by atoms with E-state index < -0.39 is 0 Å². The average molecular weight is 198 g/mol. The van der Waals surface area contributed by atoms with Crippen LogP contribution in [0, 0.1) is 6.92 Å². The normalized spacial score (nSPS) is 10.2. The van der Waals surface area contributed by atoms with Gasteiger partial charge in [-0.1, -0.05) is 42.5 Å². The Hall–Kier alpha value is -1.76. The molecular formula is C14H14O. The van der Waals surface area contributed by atoms with E-state index in [0.29, 0.717) is 6.61 Å². The van der Waals surface area contributed by atoms with Crippen LogP contribution in [0.1, 0.15) is 5.56 Å². The molecule has 0 fully saturated rings. The molecule has 2 aromatic rings. The van der Waals surface area contributed by atoms with Gasteiger partial charge in [0.25, 0.3) is 0 Å². The highest BCUT2D eigenvalue weighted by molar-refractivity contribution is 5.84. The average Bonchev–Trinajstić information content (AvgIpc) is 2.26. The Morgan fingerprint density at radius 2 is 1.87 bits per heavy atom. The van der Waals surface area contributed by atoms with E-state index in [-0.39, 0.29) is 0 Å². The first-order valence-corrected chi connectivity index (χ1v) is 5.04. The Labute approximate surface area is 90.0 Å². The molecule has 0 N–H and O–H groups in total. The second kappa shape index (κ2) is 4.18. The van der Waals surface area contributed by atoms with Gasteiger partial charge < -0.3 is 4.74 Å². The van der Waals surface area contributed by atoms with Gasteiger partial charge in [-0.25, -0.2) is 0 Å². The topological polar surface area (TPSA) is 9.23 Å². The third-order valence-electron chi connectivity index (χ3n) is 2.34. The van der Waals surface area contributed by atoms with Gasteiger partial charge in [0.15, 0.2) is 0 Å². The Kier molecular flexibility index (Phi) is 2.72. The lowest BCUT2D eigenvalue weighted by atomic mass is 10.1. The monoisotopic (exact) mass is 198 g/mol. The smallest absolute Gasteiger partial charge is 0.120 e. The summed E-state index contributed by atoms with van der Waals surface area (Å²) in [7, 11) is 0. The molecule has 1 nitrogen and oxygen atoms in total. The quantitative estimate of drug-likeness (QED) is 0.683.